The summed E-state index contributed by atoms with van der Waals surface area (Å²) in [4.78, 5) is 12.6. The summed E-state index contributed by atoms with van der Waals surface area (Å²) in [7, 11) is -3.68. The first kappa shape index (κ1) is 22.3. The molecule has 3 rings (SSSR count). The molecule has 1 heterocycles. The maximum Gasteiger partial charge on any atom is 0.255 e. The van der Waals surface area contributed by atoms with Crippen LogP contribution in [0.4, 0.5) is 5.69 Å². The summed E-state index contributed by atoms with van der Waals surface area (Å²) in [5.74, 6) is -0.470. The highest BCUT2D eigenvalue weighted by atomic mass is 35.5. The Kier molecular flexibility index (Phi) is 6.77. The van der Waals surface area contributed by atoms with E-state index in [0.29, 0.717) is 5.02 Å². The molecule has 1 aliphatic heterocycles. The van der Waals surface area contributed by atoms with Gasteiger partial charge in [0.1, 0.15) is 0 Å². The van der Waals surface area contributed by atoms with E-state index in [4.69, 9.17) is 39.5 Å². The van der Waals surface area contributed by atoms with E-state index in [1.54, 1.807) is 0 Å². The lowest BCUT2D eigenvalue weighted by Gasteiger charge is -2.34. The topological polar surface area (TPSA) is 75.7 Å². The summed E-state index contributed by atoms with van der Waals surface area (Å²) >= 11 is 18.0. The van der Waals surface area contributed by atoms with Gasteiger partial charge < -0.3 is 10.1 Å². The van der Waals surface area contributed by atoms with Crippen molar-refractivity contribution in [1.82, 2.24) is 4.31 Å². The number of nitrogens with zero attached hydrogens (tertiary/aromatic N) is 1. The summed E-state index contributed by atoms with van der Waals surface area (Å²) in [6, 6.07) is 8.63. The summed E-state index contributed by atoms with van der Waals surface area (Å²) in [5.41, 5.74) is 0.530. The van der Waals surface area contributed by atoms with E-state index < -0.39 is 15.9 Å². The van der Waals surface area contributed by atoms with E-state index in [1.807, 2.05) is 13.8 Å². The molecule has 0 saturated carbocycles. The third kappa shape index (κ3) is 5.05. The second kappa shape index (κ2) is 8.79. The Morgan fingerprint density at radius 1 is 1.07 bits per heavy atom. The lowest BCUT2D eigenvalue weighted by Crippen LogP contribution is -2.48. The number of rotatable bonds is 4. The number of morpholine rings is 1. The number of sulfonamides is 1. The average molecular weight is 478 g/mol. The molecule has 0 bridgehead atoms. The van der Waals surface area contributed by atoms with Crippen LogP contribution >= 0.6 is 34.8 Å². The van der Waals surface area contributed by atoms with Crippen LogP contribution < -0.4 is 5.32 Å². The van der Waals surface area contributed by atoms with Gasteiger partial charge in [-0.3, -0.25) is 4.79 Å². The molecule has 1 saturated heterocycles. The van der Waals surface area contributed by atoms with E-state index in [9.17, 15) is 13.2 Å². The lowest BCUT2D eigenvalue weighted by atomic mass is 10.2. The van der Waals surface area contributed by atoms with Crippen molar-refractivity contribution < 1.29 is 17.9 Å². The molecular formula is C19H19Cl3N2O4S. The Labute approximate surface area is 184 Å². The molecule has 6 nitrogen and oxygen atoms in total. The number of halogens is 3. The van der Waals surface area contributed by atoms with Gasteiger partial charge in [0.05, 0.1) is 32.8 Å². The third-order valence-electron chi connectivity index (χ3n) is 4.38. The van der Waals surface area contributed by atoms with Crippen LogP contribution in [0.3, 0.4) is 0 Å². The van der Waals surface area contributed by atoms with Gasteiger partial charge in [-0.1, -0.05) is 34.8 Å². The number of amides is 1. The number of carbonyl (C=O) groups excluding carboxylic acids is 1. The Morgan fingerprint density at radius 3 is 2.24 bits per heavy atom. The van der Waals surface area contributed by atoms with E-state index >= 15 is 0 Å². The smallest absolute Gasteiger partial charge is 0.255 e. The zero-order chi connectivity index (χ0) is 21.3. The second-order valence-corrected chi connectivity index (χ2v) is 9.97. The van der Waals surface area contributed by atoms with Crippen LogP contribution in [-0.2, 0) is 14.8 Å². The van der Waals surface area contributed by atoms with Crippen LogP contribution in [0.25, 0.3) is 0 Å². The van der Waals surface area contributed by atoms with Crippen molar-refractivity contribution >= 4 is 56.4 Å². The van der Waals surface area contributed by atoms with Gasteiger partial charge in [-0.2, -0.15) is 4.31 Å². The summed E-state index contributed by atoms with van der Waals surface area (Å²) in [5, 5.41) is 3.33. The van der Waals surface area contributed by atoms with Crippen LogP contribution in [0.1, 0.15) is 24.2 Å². The molecule has 10 heteroatoms. The Morgan fingerprint density at radius 2 is 1.66 bits per heavy atom. The first-order valence-electron chi connectivity index (χ1n) is 8.79. The number of ether oxygens (including phenoxy) is 1. The van der Waals surface area contributed by atoms with Gasteiger partial charge in [0.25, 0.3) is 5.91 Å². The molecule has 1 N–H and O–H groups in total. The van der Waals surface area contributed by atoms with Crippen LogP contribution in [0.2, 0.25) is 15.1 Å². The van der Waals surface area contributed by atoms with Gasteiger partial charge in [0.15, 0.2) is 0 Å². The Bertz CT molecular complexity index is 1020. The van der Waals surface area contributed by atoms with Gasteiger partial charge in [0, 0.05) is 23.7 Å². The first-order chi connectivity index (χ1) is 13.6. The van der Waals surface area contributed by atoms with Crippen molar-refractivity contribution in [1.29, 1.82) is 0 Å². The molecule has 1 fully saturated rings. The number of nitrogens with one attached hydrogen (secondary N) is 1. The van der Waals surface area contributed by atoms with Gasteiger partial charge >= 0.3 is 0 Å². The van der Waals surface area contributed by atoms with Crippen molar-refractivity contribution in [2.24, 2.45) is 0 Å². The second-order valence-electron chi connectivity index (χ2n) is 6.81. The maximum atomic E-state index is 12.9. The molecule has 2 aromatic rings. The molecule has 1 amide bonds. The van der Waals surface area contributed by atoms with E-state index in [2.05, 4.69) is 5.32 Å². The molecule has 2 aromatic carbocycles. The first-order valence-corrected chi connectivity index (χ1v) is 11.4. The highest BCUT2D eigenvalue weighted by Gasteiger charge is 2.32. The normalized spacial score (nSPS) is 20.4. The summed E-state index contributed by atoms with van der Waals surface area (Å²) < 4.78 is 32.8. The number of hydrogen-bond donors (Lipinski definition) is 1. The summed E-state index contributed by atoms with van der Waals surface area (Å²) in [6.07, 6.45) is -0.374. The zero-order valence-electron chi connectivity index (χ0n) is 15.7. The third-order valence-corrected chi connectivity index (χ3v) is 7.25. The Hall–Kier alpha value is -1.35. The SMILES string of the molecule is C[C@@H]1CN(S(=O)(=O)c2ccc(C(=O)Nc3cc(Cl)cc(Cl)c3Cl)cc2)C[C@@H](C)O1. The minimum atomic E-state index is -3.68. The van der Waals surface area contributed by atoms with E-state index in [0.717, 1.165) is 0 Å². The van der Waals surface area contributed by atoms with Gasteiger partial charge in [-0.15, -0.1) is 0 Å². The van der Waals surface area contributed by atoms with Crippen molar-refractivity contribution in [3.8, 4) is 0 Å². The van der Waals surface area contributed by atoms with Crippen LogP contribution in [0.15, 0.2) is 41.3 Å². The van der Waals surface area contributed by atoms with Crippen molar-refractivity contribution in [2.75, 3.05) is 18.4 Å². The minimum absolute atomic E-state index is 0.110. The molecular weight excluding hydrogens is 459 g/mol. The monoisotopic (exact) mass is 476 g/mol. The van der Waals surface area contributed by atoms with Crippen molar-refractivity contribution in [3.05, 3.63) is 57.0 Å². The molecule has 0 aliphatic carbocycles. The molecule has 0 unspecified atom stereocenters. The zero-order valence-corrected chi connectivity index (χ0v) is 18.7. The van der Waals surface area contributed by atoms with Crippen LogP contribution in [-0.4, -0.2) is 43.9 Å². The lowest BCUT2D eigenvalue weighted by molar-refractivity contribution is -0.0440. The van der Waals surface area contributed by atoms with Crippen molar-refractivity contribution in [2.45, 2.75) is 31.0 Å². The van der Waals surface area contributed by atoms with Gasteiger partial charge in [0.2, 0.25) is 10.0 Å². The largest absolute Gasteiger partial charge is 0.373 e. The van der Waals surface area contributed by atoms with Crippen LogP contribution in [0, 0.1) is 0 Å². The average Bonchev–Trinajstić information content (AvgIpc) is 2.65. The van der Waals surface area contributed by atoms with Crippen LogP contribution in [0.5, 0.6) is 0 Å². The number of anilines is 1. The number of hydrogen-bond acceptors (Lipinski definition) is 4. The van der Waals surface area contributed by atoms with Gasteiger partial charge in [-0.05, 0) is 50.2 Å². The highest BCUT2D eigenvalue weighted by Crippen LogP contribution is 2.33. The predicted octanol–water partition coefficient (Wildman–Crippen LogP) is 4.70. The van der Waals surface area contributed by atoms with Gasteiger partial charge in [-0.25, -0.2) is 8.42 Å². The van der Waals surface area contributed by atoms with E-state index in [-0.39, 0.29) is 51.5 Å². The standard InChI is InChI=1S/C19H19Cl3N2O4S/c1-11-9-24(10-12(2)28-11)29(26,27)15-5-3-13(4-6-15)19(25)23-17-8-14(20)7-16(21)18(17)22/h3-8,11-12H,9-10H2,1-2H3,(H,23,25)/t11-,12-/m1/s1. The predicted molar refractivity (Wildman–Crippen MR) is 115 cm³/mol. The molecule has 0 aromatic heterocycles. The molecule has 29 heavy (non-hydrogen) atoms. The maximum absolute atomic E-state index is 12.9. The van der Waals surface area contributed by atoms with E-state index in [1.165, 1.54) is 40.7 Å². The fraction of sp³-hybridized carbons (Fsp3) is 0.316. The quantitative estimate of drug-likeness (QED) is 0.648. The number of carbonyl (C=O) groups is 1. The molecule has 1 aliphatic rings. The van der Waals surface area contributed by atoms with Crippen molar-refractivity contribution in [3.63, 3.8) is 0 Å². The fourth-order valence-electron chi connectivity index (χ4n) is 3.10. The summed E-state index contributed by atoms with van der Waals surface area (Å²) in [6.45, 7) is 4.23. The molecule has 2 atom stereocenters. The minimum Gasteiger partial charge on any atom is -0.373 e. The highest BCUT2D eigenvalue weighted by molar-refractivity contribution is 7.89. The Balaban J connectivity index is 1.78. The molecule has 156 valence electrons. The molecule has 0 spiro atoms. The fourth-order valence-corrected chi connectivity index (χ4v) is 5.34. The number of benzene rings is 2. The molecule has 0 radical (unpaired) electrons.